The van der Waals surface area contributed by atoms with Gasteiger partial charge in [0, 0.05) is 50.3 Å². The zero-order chi connectivity index (χ0) is 17.0. The van der Waals surface area contributed by atoms with Gasteiger partial charge < -0.3 is 19.7 Å². The quantitative estimate of drug-likeness (QED) is 0.616. The Bertz CT molecular complexity index is 446. The van der Waals surface area contributed by atoms with E-state index in [0.29, 0.717) is 5.41 Å². The summed E-state index contributed by atoms with van der Waals surface area (Å²) in [6.07, 6.45) is 2.43. The molecule has 3 heterocycles. The Hall–Kier alpha value is -0.850. The van der Waals surface area contributed by atoms with Crippen molar-refractivity contribution in [3.8, 4) is 0 Å². The third kappa shape index (κ3) is 4.03. The van der Waals surface area contributed by atoms with Crippen molar-refractivity contribution in [1.29, 1.82) is 0 Å². The van der Waals surface area contributed by atoms with Crippen LogP contribution in [-0.2, 0) is 9.47 Å². The molecule has 0 amide bonds. The lowest BCUT2D eigenvalue weighted by Crippen LogP contribution is -2.53. The summed E-state index contributed by atoms with van der Waals surface area (Å²) in [6.45, 7) is 16.1. The normalized spacial score (nSPS) is 31.1. The van der Waals surface area contributed by atoms with Crippen LogP contribution < -0.4 is 5.32 Å². The number of aliphatic imine (C=N–C) groups is 1. The molecule has 0 aromatic carbocycles. The van der Waals surface area contributed by atoms with Gasteiger partial charge in [0.1, 0.15) is 0 Å². The van der Waals surface area contributed by atoms with Crippen molar-refractivity contribution in [3.63, 3.8) is 0 Å². The highest BCUT2D eigenvalue weighted by Gasteiger charge is 2.42. The van der Waals surface area contributed by atoms with Crippen molar-refractivity contribution in [2.24, 2.45) is 10.4 Å². The molecule has 6 heteroatoms. The number of nitrogens with zero attached hydrogens (tertiary/aromatic N) is 3. The Morgan fingerprint density at radius 3 is 2.67 bits per heavy atom. The minimum Gasteiger partial charge on any atom is -0.381 e. The molecular formula is C18H34N4O2. The first kappa shape index (κ1) is 18.0. The van der Waals surface area contributed by atoms with Gasteiger partial charge in [0.25, 0.3) is 0 Å². The molecule has 3 fully saturated rings. The van der Waals surface area contributed by atoms with Crippen LogP contribution in [0, 0.1) is 5.41 Å². The molecule has 3 aliphatic rings. The molecule has 0 saturated carbocycles. The summed E-state index contributed by atoms with van der Waals surface area (Å²) in [5.74, 6) is 1.08. The van der Waals surface area contributed by atoms with Crippen LogP contribution in [0.4, 0.5) is 0 Å². The standard InChI is InChI=1S/C18H34N4O2/c1-4-19-16(21-8-5-18(13-21)6-11-23-15-18)20-7-9-22-10-12-24-14-17(22,2)3/h4-15H2,1-3H3,(H,19,20). The van der Waals surface area contributed by atoms with Gasteiger partial charge in [0.2, 0.25) is 0 Å². The predicted octanol–water partition coefficient (Wildman–Crippen LogP) is 1.18. The average molecular weight is 338 g/mol. The minimum absolute atomic E-state index is 0.116. The molecule has 0 bridgehead atoms. The number of nitrogens with one attached hydrogen (secondary N) is 1. The van der Waals surface area contributed by atoms with Crippen LogP contribution in [0.2, 0.25) is 0 Å². The second-order valence-corrected chi connectivity index (χ2v) is 8.06. The summed E-state index contributed by atoms with van der Waals surface area (Å²) in [4.78, 5) is 9.85. The Kier molecular flexibility index (Phi) is 5.67. The van der Waals surface area contributed by atoms with E-state index in [1.807, 2.05) is 0 Å². The van der Waals surface area contributed by atoms with E-state index < -0.39 is 0 Å². The highest BCUT2D eigenvalue weighted by molar-refractivity contribution is 5.80. The zero-order valence-corrected chi connectivity index (χ0v) is 15.6. The highest BCUT2D eigenvalue weighted by Crippen LogP contribution is 2.38. The first-order chi connectivity index (χ1) is 11.5. The Morgan fingerprint density at radius 2 is 1.96 bits per heavy atom. The van der Waals surface area contributed by atoms with Crippen LogP contribution in [0.1, 0.15) is 33.6 Å². The molecule has 1 spiro atoms. The number of rotatable bonds is 4. The van der Waals surface area contributed by atoms with E-state index in [1.54, 1.807) is 0 Å². The highest BCUT2D eigenvalue weighted by atomic mass is 16.5. The second-order valence-electron chi connectivity index (χ2n) is 8.06. The minimum atomic E-state index is 0.116. The van der Waals surface area contributed by atoms with Gasteiger partial charge in [-0.3, -0.25) is 9.89 Å². The molecule has 0 radical (unpaired) electrons. The Balaban J connectivity index is 1.56. The van der Waals surface area contributed by atoms with Crippen LogP contribution in [0.15, 0.2) is 4.99 Å². The van der Waals surface area contributed by atoms with Crippen molar-refractivity contribution in [1.82, 2.24) is 15.1 Å². The molecule has 1 atom stereocenters. The van der Waals surface area contributed by atoms with Crippen LogP contribution in [0.3, 0.4) is 0 Å². The topological polar surface area (TPSA) is 49.3 Å². The van der Waals surface area contributed by atoms with E-state index in [1.165, 1.54) is 12.8 Å². The second kappa shape index (κ2) is 7.58. The maximum atomic E-state index is 5.65. The van der Waals surface area contributed by atoms with Gasteiger partial charge in [-0.2, -0.15) is 0 Å². The summed E-state index contributed by atoms with van der Waals surface area (Å²) in [5.41, 5.74) is 0.493. The fourth-order valence-electron chi connectivity index (χ4n) is 4.09. The van der Waals surface area contributed by atoms with Crippen molar-refractivity contribution in [2.45, 2.75) is 39.2 Å². The van der Waals surface area contributed by atoms with Gasteiger partial charge >= 0.3 is 0 Å². The summed E-state index contributed by atoms with van der Waals surface area (Å²) < 4.78 is 11.3. The van der Waals surface area contributed by atoms with E-state index >= 15 is 0 Å². The van der Waals surface area contributed by atoms with E-state index in [4.69, 9.17) is 14.5 Å². The van der Waals surface area contributed by atoms with Gasteiger partial charge in [-0.05, 0) is 33.6 Å². The molecule has 1 unspecified atom stereocenters. The lowest BCUT2D eigenvalue weighted by Gasteiger charge is -2.41. The predicted molar refractivity (Wildman–Crippen MR) is 96.5 cm³/mol. The molecule has 24 heavy (non-hydrogen) atoms. The molecule has 0 aliphatic carbocycles. The first-order valence-electron chi connectivity index (χ1n) is 9.49. The number of ether oxygens (including phenoxy) is 2. The fourth-order valence-corrected chi connectivity index (χ4v) is 4.09. The maximum Gasteiger partial charge on any atom is 0.193 e. The number of guanidine groups is 1. The molecule has 3 saturated heterocycles. The SMILES string of the molecule is CCNC(=NCCN1CCOCC1(C)C)N1CCC2(CCOC2)C1. The van der Waals surface area contributed by atoms with Crippen LogP contribution in [0.5, 0.6) is 0 Å². The van der Waals surface area contributed by atoms with E-state index in [9.17, 15) is 0 Å². The van der Waals surface area contributed by atoms with E-state index in [0.717, 1.165) is 71.7 Å². The first-order valence-corrected chi connectivity index (χ1v) is 9.49. The Morgan fingerprint density at radius 1 is 1.12 bits per heavy atom. The molecule has 1 N–H and O–H groups in total. The third-order valence-corrected chi connectivity index (χ3v) is 5.71. The summed E-state index contributed by atoms with van der Waals surface area (Å²) >= 11 is 0. The summed E-state index contributed by atoms with van der Waals surface area (Å²) in [6, 6.07) is 0. The van der Waals surface area contributed by atoms with Gasteiger partial charge in [0.15, 0.2) is 5.96 Å². The molecule has 3 rings (SSSR count). The van der Waals surface area contributed by atoms with Crippen molar-refractivity contribution < 1.29 is 9.47 Å². The third-order valence-electron chi connectivity index (χ3n) is 5.71. The van der Waals surface area contributed by atoms with Gasteiger partial charge in [-0.15, -0.1) is 0 Å². The molecular weight excluding hydrogens is 304 g/mol. The summed E-state index contributed by atoms with van der Waals surface area (Å²) in [7, 11) is 0. The lowest BCUT2D eigenvalue weighted by molar-refractivity contribution is -0.0491. The molecule has 0 aromatic rings. The maximum absolute atomic E-state index is 5.65. The van der Waals surface area contributed by atoms with Gasteiger partial charge in [-0.1, -0.05) is 0 Å². The number of hydrogen-bond donors (Lipinski definition) is 1. The van der Waals surface area contributed by atoms with Crippen LogP contribution >= 0.6 is 0 Å². The van der Waals surface area contributed by atoms with Crippen molar-refractivity contribution in [3.05, 3.63) is 0 Å². The molecule has 0 aromatic heterocycles. The monoisotopic (exact) mass is 338 g/mol. The average Bonchev–Trinajstić information content (AvgIpc) is 3.18. The largest absolute Gasteiger partial charge is 0.381 e. The Labute approximate surface area is 146 Å². The number of hydrogen-bond acceptors (Lipinski definition) is 4. The van der Waals surface area contributed by atoms with Crippen molar-refractivity contribution in [2.75, 3.05) is 65.7 Å². The number of likely N-dealkylation sites (tertiary alicyclic amines) is 1. The van der Waals surface area contributed by atoms with Gasteiger partial charge in [0.05, 0.1) is 26.4 Å². The van der Waals surface area contributed by atoms with E-state index in [2.05, 4.69) is 35.9 Å². The van der Waals surface area contributed by atoms with E-state index in [-0.39, 0.29) is 5.54 Å². The lowest BCUT2D eigenvalue weighted by atomic mass is 9.87. The van der Waals surface area contributed by atoms with Crippen LogP contribution in [0.25, 0.3) is 0 Å². The summed E-state index contributed by atoms with van der Waals surface area (Å²) in [5, 5.41) is 3.48. The van der Waals surface area contributed by atoms with Crippen molar-refractivity contribution >= 4 is 5.96 Å². The smallest absolute Gasteiger partial charge is 0.193 e. The zero-order valence-electron chi connectivity index (χ0n) is 15.6. The molecule has 138 valence electrons. The fraction of sp³-hybridized carbons (Fsp3) is 0.944. The number of morpholine rings is 1. The molecule has 6 nitrogen and oxygen atoms in total. The molecule has 3 aliphatic heterocycles. The van der Waals surface area contributed by atoms with Gasteiger partial charge in [-0.25, -0.2) is 0 Å². The van der Waals surface area contributed by atoms with Crippen LogP contribution in [-0.4, -0.2) is 87.0 Å².